The van der Waals surface area contributed by atoms with E-state index in [2.05, 4.69) is 10.3 Å². The Bertz CT molecular complexity index is 1050. The van der Waals surface area contributed by atoms with Crippen LogP contribution < -0.4 is 10.1 Å². The molecule has 0 saturated carbocycles. The molecule has 1 aliphatic rings. The maximum Gasteiger partial charge on any atom is 0.417 e. The minimum absolute atomic E-state index is 0.0497. The number of pyridine rings is 1. The van der Waals surface area contributed by atoms with E-state index in [-0.39, 0.29) is 28.3 Å². The van der Waals surface area contributed by atoms with Crippen LogP contribution in [0, 0.1) is 18.7 Å². The predicted octanol–water partition coefficient (Wildman–Crippen LogP) is 3.64. The number of methoxy groups -OCH3 is 1. The molecule has 1 saturated heterocycles. The van der Waals surface area contributed by atoms with Crippen molar-refractivity contribution in [2.24, 2.45) is 5.92 Å². The Morgan fingerprint density at radius 2 is 2.00 bits per heavy atom. The number of alkyl halides is 3. The van der Waals surface area contributed by atoms with Crippen LogP contribution in [-0.4, -0.2) is 52.7 Å². The molecular weight excluding hydrogens is 460 g/mol. The lowest BCUT2D eigenvalue weighted by Crippen LogP contribution is -2.47. The summed E-state index contributed by atoms with van der Waals surface area (Å²) in [7, 11) is 1.28. The Morgan fingerprint density at radius 1 is 1.32 bits per heavy atom. The van der Waals surface area contributed by atoms with Gasteiger partial charge in [-0.2, -0.15) is 13.2 Å². The first-order chi connectivity index (χ1) is 15.9. The normalized spacial score (nSPS) is 25.8. The number of amides is 1. The molecule has 7 nitrogen and oxygen atoms in total. The van der Waals surface area contributed by atoms with Gasteiger partial charge in [-0.15, -0.1) is 0 Å². The zero-order chi connectivity index (χ0) is 25.4. The summed E-state index contributed by atoms with van der Waals surface area (Å²) < 4.78 is 66.9. The lowest BCUT2D eigenvalue weighted by molar-refractivity contribution is -0.272. The van der Waals surface area contributed by atoms with E-state index in [0.717, 1.165) is 13.0 Å². The Hall–Kier alpha value is -2.76. The van der Waals surface area contributed by atoms with Crippen LogP contribution in [0.2, 0.25) is 0 Å². The number of ether oxygens (including phenoxy) is 2. The summed E-state index contributed by atoms with van der Waals surface area (Å²) >= 11 is 0. The summed E-state index contributed by atoms with van der Waals surface area (Å²) in [4.78, 5) is 17.1. The van der Waals surface area contributed by atoms with Gasteiger partial charge in [0.1, 0.15) is 23.8 Å². The van der Waals surface area contributed by atoms with Crippen LogP contribution in [-0.2, 0) is 9.53 Å². The minimum Gasteiger partial charge on any atom is -0.496 e. The van der Waals surface area contributed by atoms with Crippen molar-refractivity contribution < 1.29 is 42.0 Å². The fourth-order valence-corrected chi connectivity index (χ4v) is 4.23. The molecule has 0 radical (unpaired) electrons. The van der Waals surface area contributed by atoms with Gasteiger partial charge in [-0.1, -0.05) is 13.0 Å². The molecule has 0 unspecified atom stereocenters. The number of benzene rings is 1. The third-order valence-corrected chi connectivity index (χ3v) is 6.43. The summed E-state index contributed by atoms with van der Waals surface area (Å²) in [5.41, 5.74) is -2.02. The number of halogens is 4. The largest absolute Gasteiger partial charge is 0.496 e. The average Bonchev–Trinajstić information content (AvgIpc) is 3.07. The molecule has 2 heterocycles. The molecule has 0 aliphatic carbocycles. The van der Waals surface area contributed by atoms with Gasteiger partial charge in [0.05, 0.1) is 31.3 Å². The van der Waals surface area contributed by atoms with Crippen molar-refractivity contribution in [3.63, 3.8) is 0 Å². The summed E-state index contributed by atoms with van der Waals surface area (Å²) in [6.07, 6.45) is -6.38. The predicted molar refractivity (Wildman–Crippen MR) is 114 cm³/mol. The van der Waals surface area contributed by atoms with Gasteiger partial charge in [0, 0.05) is 23.0 Å². The smallest absolute Gasteiger partial charge is 0.417 e. The van der Waals surface area contributed by atoms with Crippen molar-refractivity contribution in [3.8, 4) is 5.75 Å². The third kappa shape index (κ3) is 4.47. The number of carbonyl (C=O) groups is 1. The standard InChI is InChI=1S/C23H26F4N2O5/c1-11-15(24)7-6-14(19(11)33-4)18-12(2)22(3,23(25,26)27)34-20(18)21(32)29-13-5-8-16(28-9-13)17(31)10-30/h5-9,12,17-18,20,30-31H,10H2,1-4H3,(H,29,32)/t12-,17-,18-,20+,22+/m0/s1. The Labute approximate surface area is 193 Å². The first-order valence-electron chi connectivity index (χ1n) is 10.5. The minimum atomic E-state index is -4.79. The maximum atomic E-state index is 14.1. The van der Waals surface area contributed by atoms with Crippen LogP contribution in [0.25, 0.3) is 0 Å². The van der Waals surface area contributed by atoms with Crippen LogP contribution in [0.5, 0.6) is 5.75 Å². The molecule has 3 N–H and O–H groups in total. The van der Waals surface area contributed by atoms with Gasteiger partial charge in [0.15, 0.2) is 5.60 Å². The van der Waals surface area contributed by atoms with Crippen LogP contribution in [0.4, 0.5) is 23.2 Å². The number of rotatable bonds is 6. The van der Waals surface area contributed by atoms with Crippen LogP contribution >= 0.6 is 0 Å². The molecule has 1 fully saturated rings. The molecule has 3 rings (SSSR count). The highest BCUT2D eigenvalue weighted by Gasteiger charge is 2.65. The fourth-order valence-electron chi connectivity index (χ4n) is 4.23. The van der Waals surface area contributed by atoms with Crippen molar-refractivity contribution in [1.29, 1.82) is 0 Å². The monoisotopic (exact) mass is 486 g/mol. The van der Waals surface area contributed by atoms with Gasteiger partial charge in [-0.3, -0.25) is 9.78 Å². The lowest BCUT2D eigenvalue weighted by Gasteiger charge is -2.32. The summed E-state index contributed by atoms with van der Waals surface area (Å²) in [6, 6.07) is 5.17. The van der Waals surface area contributed by atoms with Crippen molar-refractivity contribution in [2.45, 2.75) is 50.7 Å². The number of nitrogens with one attached hydrogen (secondary N) is 1. The maximum absolute atomic E-state index is 14.1. The highest BCUT2D eigenvalue weighted by atomic mass is 19.4. The van der Waals surface area contributed by atoms with Crippen molar-refractivity contribution in [1.82, 2.24) is 4.98 Å². The second kappa shape index (κ2) is 9.47. The van der Waals surface area contributed by atoms with E-state index in [1.165, 1.54) is 45.4 Å². The fraction of sp³-hybridized carbons (Fsp3) is 0.478. The number of carbonyl (C=O) groups excluding carboxylic acids is 1. The van der Waals surface area contributed by atoms with E-state index >= 15 is 0 Å². The molecule has 1 aliphatic heterocycles. The summed E-state index contributed by atoms with van der Waals surface area (Å²) in [6.45, 7) is 3.09. The number of anilines is 1. The topological polar surface area (TPSA) is 101 Å². The molecule has 1 aromatic carbocycles. The molecule has 0 bridgehead atoms. The SMILES string of the molecule is COc1c([C@H]2[C@H](C(=O)Nc3ccc([C@@H](O)CO)nc3)O[C@@](C)(C(F)(F)F)[C@H]2C)ccc(F)c1C. The number of nitrogens with zero attached hydrogens (tertiary/aromatic N) is 1. The van der Waals surface area contributed by atoms with Gasteiger partial charge in [-0.05, 0) is 32.0 Å². The number of aromatic nitrogens is 1. The molecule has 11 heteroatoms. The Kier molecular flexibility index (Phi) is 7.20. The molecule has 1 amide bonds. The molecular formula is C23H26F4N2O5. The van der Waals surface area contributed by atoms with Gasteiger partial charge < -0.3 is 25.0 Å². The van der Waals surface area contributed by atoms with Gasteiger partial charge in [-0.25, -0.2) is 4.39 Å². The number of hydrogen-bond donors (Lipinski definition) is 3. The van der Waals surface area contributed by atoms with E-state index in [0.29, 0.717) is 0 Å². The van der Waals surface area contributed by atoms with E-state index in [1.807, 2.05) is 0 Å². The molecule has 1 aromatic heterocycles. The van der Waals surface area contributed by atoms with E-state index in [9.17, 15) is 27.5 Å². The number of hydrogen-bond acceptors (Lipinski definition) is 6. The lowest BCUT2D eigenvalue weighted by atomic mass is 9.76. The van der Waals surface area contributed by atoms with E-state index in [1.54, 1.807) is 0 Å². The molecule has 186 valence electrons. The quantitative estimate of drug-likeness (QED) is 0.539. The van der Waals surface area contributed by atoms with Crippen LogP contribution in [0.15, 0.2) is 30.5 Å². The number of aliphatic hydroxyl groups is 2. The number of aliphatic hydroxyl groups excluding tert-OH is 2. The third-order valence-electron chi connectivity index (χ3n) is 6.43. The second-order valence-electron chi connectivity index (χ2n) is 8.41. The van der Waals surface area contributed by atoms with Crippen molar-refractivity contribution in [2.75, 3.05) is 19.0 Å². The Morgan fingerprint density at radius 3 is 2.53 bits per heavy atom. The van der Waals surface area contributed by atoms with E-state index < -0.39 is 54.2 Å². The second-order valence-corrected chi connectivity index (χ2v) is 8.41. The first-order valence-corrected chi connectivity index (χ1v) is 10.5. The van der Waals surface area contributed by atoms with Crippen molar-refractivity contribution >= 4 is 11.6 Å². The molecule has 2 aromatic rings. The Balaban J connectivity index is 2.01. The highest BCUT2D eigenvalue weighted by molar-refractivity contribution is 5.95. The van der Waals surface area contributed by atoms with E-state index in [4.69, 9.17) is 14.6 Å². The summed E-state index contributed by atoms with van der Waals surface area (Å²) in [5.74, 6) is -3.73. The first kappa shape index (κ1) is 25.9. The molecule has 5 atom stereocenters. The van der Waals surface area contributed by atoms with Gasteiger partial charge in [0.2, 0.25) is 0 Å². The van der Waals surface area contributed by atoms with Gasteiger partial charge in [0.25, 0.3) is 5.91 Å². The summed E-state index contributed by atoms with van der Waals surface area (Å²) in [5, 5.41) is 21.1. The zero-order valence-electron chi connectivity index (χ0n) is 19.0. The molecule has 34 heavy (non-hydrogen) atoms. The zero-order valence-corrected chi connectivity index (χ0v) is 19.0. The molecule has 0 spiro atoms. The highest BCUT2D eigenvalue weighted by Crippen LogP contribution is 2.55. The van der Waals surface area contributed by atoms with Crippen molar-refractivity contribution in [3.05, 3.63) is 53.1 Å². The van der Waals surface area contributed by atoms with Crippen LogP contribution in [0.1, 0.15) is 42.7 Å². The van der Waals surface area contributed by atoms with Crippen LogP contribution in [0.3, 0.4) is 0 Å². The van der Waals surface area contributed by atoms with Gasteiger partial charge >= 0.3 is 6.18 Å². The average molecular weight is 486 g/mol.